The van der Waals surface area contributed by atoms with Gasteiger partial charge in [0.25, 0.3) is 11.6 Å². The minimum absolute atomic E-state index is 0.0484. The Labute approximate surface area is 128 Å². The summed E-state index contributed by atoms with van der Waals surface area (Å²) in [7, 11) is 0. The molecule has 116 valence electrons. The number of carbonyl (C=O) groups is 1. The SMILES string of the molecule is CCCC(CCO)CNC(=O)c1c(Cl)cccc1[N+](=O)[O-]. The van der Waals surface area contributed by atoms with Gasteiger partial charge in [0.2, 0.25) is 0 Å². The maximum Gasteiger partial charge on any atom is 0.283 e. The van der Waals surface area contributed by atoms with E-state index in [1.165, 1.54) is 18.2 Å². The molecule has 0 aromatic heterocycles. The topological polar surface area (TPSA) is 92.5 Å². The van der Waals surface area contributed by atoms with E-state index in [0.717, 1.165) is 12.8 Å². The molecular weight excluding hydrogens is 296 g/mol. The number of nitrogens with zero attached hydrogens (tertiary/aromatic N) is 1. The van der Waals surface area contributed by atoms with Gasteiger partial charge in [-0.05, 0) is 24.8 Å². The first-order valence-electron chi connectivity index (χ1n) is 6.83. The molecule has 0 saturated carbocycles. The Kier molecular flexibility index (Phi) is 7.11. The second-order valence-corrected chi connectivity index (χ2v) is 5.18. The normalized spacial score (nSPS) is 12.0. The number of aliphatic hydroxyl groups excluding tert-OH is 1. The number of rotatable bonds is 8. The summed E-state index contributed by atoms with van der Waals surface area (Å²) in [5.41, 5.74) is -0.433. The fraction of sp³-hybridized carbons (Fsp3) is 0.500. The molecule has 21 heavy (non-hydrogen) atoms. The van der Waals surface area contributed by atoms with E-state index in [1.54, 1.807) is 0 Å². The predicted molar refractivity (Wildman–Crippen MR) is 80.5 cm³/mol. The minimum Gasteiger partial charge on any atom is -0.396 e. The standard InChI is InChI=1S/C14H19ClN2O4/c1-2-4-10(7-8-18)9-16-14(19)13-11(15)5-3-6-12(13)17(20)21/h3,5-6,10,18H,2,4,7-9H2,1H3,(H,16,19). The van der Waals surface area contributed by atoms with Gasteiger partial charge in [-0.15, -0.1) is 0 Å². The lowest BCUT2D eigenvalue weighted by Gasteiger charge is -2.16. The van der Waals surface area contributed by atoms with Gasteiger partial charge in [-0.1, -0.05) is 31.0 Å². The molecule has 0 fully saturated rings. The van der Waals surface area contributed by atoms with E-state index in [2.05, 4.69) is 5.32 Å². The highest BCUT2D eigenvalue weighted by molar-refractivity contribution is 6.34. The molecule has 6 nitrogen and oxygen atoms in total. The molecule has 2 N–H and O–H groups in total. The Balaban J connectivity index is 2.82. The van der Waals surface area contributed by atoms with Gasteiger partial charge in [0.1, 0.15) is 5.56 Å². The van der Waals surface area contributed by atoms with E-state index in [9.17, 15) is 14.9 Å². The summed E-state index contributed by atoms with van der Waals surface area (Å²) in [4.78, 5) is 22.5. The van der Waals surface area contributed by atoms with Gasteiger partial charge in [-0.25, -0.2) is 0 Å². The Hall–Kier alpha value is -1.66. The van der Waals surface area contributed by atoms with E-state index >= 15 is 0 Å². The fourth-order valence-corrected chi connectivity index (χ4v) is 2.41. The summed E-state index contributed by atoms with van der Waals surface area (Å²) in [5.74, 6) is -0.420. The van der Waals surface area contributed by atoms with Crippen LogP contribution in [0.3, 0.4) is 0 Å². The summed E-state index contributed by atoms with van der Waals surface area (Å²) in [6.45, 7) is 2.42. The summed E-state index contributed by atoms with van der Waals surface area (Å²) >= 11 is 5.90. The molecule has 1 atom stereocenters. The smallest absolute Gasteiger partial charge is 0.283 e. The number of nitro benzene ring substituents is 1. The third kappa shape index (κ3) is 4.99. The number of nitro groups is 1. The fourth-order valence-electron chi connectivity index (χ4n) is 2.15. The molecule has 0 spiro atoms. The second-order valence-electron chi connectivity index (χ2n) is 4.77. The zero-order chi connectivity index (χ0) is 15.8. The van der Waals surface area contributed by atoms with Crippen molar-refractivity contribution in [2.24, 2.45) is 5.92 Å². The van der Waals surface area contributed by atoms with E-state index in [1.807, 2.05) is 6.92 Å². The number of amides is 1. The number of benzene rings is 1. The molecule has 0 radical (unpaired) electrons. The van der Waals surface area contributed by atoms with E-state index < -0.39 is 10.8 Å². The first kappa shape index (κ1) is 17.4. The van der Waals surface area contributed by atoms with Crippen LogP contribution in [0.1, 0.15) is 36.5 Å². The lowest BCUT2D eigenvalue weighted by Crippen LogP contribution is -2.30. The Bertz CT molecular complexity index is 502. The lowest BCUT2D eigenvalue weighted by atomic mass is 10.00. The molecule has 0 bridgehead atoms. The average Bonchev–Trinajstić information content (AvgIpc) is 2.44. The highest BCUT2D eigenvalue weighted by Gasteiger charge is 2.23. The third-order valence-electron chi connectivity index (χ3n) is 3.20. The first-order chi connectivity index (χ1) is 10.0. The number of halogens is 1. The highest BCUT2D eigenvalue weighted by Crippen LogP contribution is 2.26. The summed E-state index contributed by atoms with van der Waals surface area (Å²) in [5, 5.41) is 22.7. The second kappa shape index (κ2) is 8.59. The van der Waals surface area contributed by atoms with Crippen LogP contribution < -0.4 is 5.32 Å². The predicted octanol–water partition coefficient (Wildman–Crippen LogP) is 2.78. The molecule has 7 heteroatoms. The molecule has 0 aliphatic rings. The molecule has 1 rings (SSSR count). The monoisotopic (exact) mass is 314 g/mol. The van der Waals surface area contributed by atoms with Crippen LogP contribution in [-0.4, -0.2) is 29.1 Å². The third-order valence-corrected chi connectivity index (χ3v) is 3.52. The minimum atomic E-state index is -0.627. The van der Waals surface area contributed by atoms with Crippen molar-refractivity contribution in [3.05, 3.63) is 38.9 Å². The van der Waals surface area contributed by atoms with Gasteiger partial charge in [0.05, 0.1) is 9.95 Å². The summed E-state index contributed by atoms with van der Waals surface area (Å²) < 4.78 is 0. The molecule has 0 aliphatic carbocycles. The van der Waals surface area contributed by atoms with Gasteiger partial charge in [-0.3, -0.25) is 14.9 Å². The first-order valence-corrected chi connectivity index (χ1v) is 7.21. The molecule has 0 saturated heterocycles. The van der Waals surface area contributed by atoms with E-state index in [4.69, 9.17) is 16.7 Å². The van der Waals surface area contributed by atoms with Gasteiger partial charge in [0, 0.05) is 19.2 Å². The molecule has 0 heterocycles. The molecule has 1 unspecified atom stereocenters. The molecule has 1 aromatic rings. The molecule has 0 aliphatic heterocycles. The van der Waals surface area contributed by atoms with Crippen LogP contribution in [-0.2, 0) is 0 Å². The van der Waals surface area contributed by atoms with E-state index in [-0.39, 0.29) is 28.8 Å². The van der Waals surface area contributed by atoms with Crippen LogP contribution in [0.4, 0.5) is 5.69 Å². The van der Waals surface area contributed by atoms with Crippen molar-refractivity contribution in [3.63, 3.8) is 0 Å². The number of carbonyl (C=O) groups excluding carboxylic acids is 1. The van der Waals surface area contributed by atoms with Crippen molar-refractivity contribution in [2.45, 2.75) is 26.2 Å². The maximum atomic E-state index is 12.1. The Morgan fingerprint density at radius 2 is 2.19 bits per heavy atom. The highest BCUT2D eigenvalue weighted by atomic mass is 35.5. The van der Waals surface area contributed by atoms with Crippen molar-refractivity contribution < 1.29 is 14.8 Å². The Morgan fingerprint density at radius 1 is 1.48 bits per heavy atom. The average molecular weight is 315 g/mol. The number of nitrogens with one attached hydrogen (secondary N) is 1. The van der Waals surface area contributed by atoms with Crippen molar-refractivity contribution in [1.82, 2.24) is 5.32 Å². The van der Waals surface area contributed by atoms with Crippen LogP contribution in [0.5, 0.6) is 0 Å². The largest absolute Gasteiger partial charge is 0.396 e. The van der Waals surface area contributed by atoms with Crippen molar-refractivity contribution in [1.29, 1.82) is 0 Å². The number of hydrogen-bond acceptors (Lipinski definition) is 4. The van der Waals surface area contributed by atoms with Crippen molar-refractivity contribution >= 4 is 23.2 Å². The number of hydrogen-bond donors (Lipinski definition) is 2. The lowest BCUT2D eigenvalue weighted by molar-refractivity contribution is -0.385. The molecular formula is C14H19ClN2O4. The van der Waals surface area contributed by atoms with Crippen LogP contribution in [0, 0.1) is 16.0 Å². The van der Waals surface area contributed by atoms with Gasteiger partial charge in [0.15, 0.2) is 0 Å². The van der Waals surface area contributed by atoms with Gasteiger partial charge >= 0.3 is 0 Å². The van der Waals surface area contributed by atoms with Crippen LogP contribution in [0.2, 0.25) is 5.02 Å². The van der Waals surface area contributed by atoms with Crippen LogP contribution in [0.15, 0.2) is 18.2 Å². The van der Waals surface area contributed by atoms with Crippen molar-refractivity contribution in [3.8, 4) is 0 Å². The maximum absolute atomic E-state index is 12.1. The van der Waals surface area contributed by atoms with Crippen LogP contribution in [0.25, 0.3) is 0 Å². The quantitative estimate of drug-likeness (QED) is 0.570. The summed E-state index contributed by atoms with van der Waals surface area (Å²) in [6, 6.07) is 4.13. The Morgan fingerprint density at radius 3 is 2.76 bits per heavy atom. The number of aliphatic hydroxyl groups is 1. The van der Waals surface area contributed by atoms with Crippen molar-refractivity contribution in [2.75, 3.05) is 13.2 Å². The zero-order valence-corrected chi connectivity index (χ0v) is 12.6. The summed E-state index contributed by atoms with van der Waals surface area (Å²) in [6.07, 6.45) is 2.39. The van der Waals surface area contributed by atoms with Crippen LogP contribution >= 0.6 is 11.6 Å². The molecule has 1 aromatic carbocycles. The van der Waals surface area contributed by atoms with Gasteiger partial charge in [-0.2, -0.15) is 0 Å². The van der Waals surface area contributed by atoms with E-state index in [0.29, 0.717) is 13.0 Å². The molecule has 1 amide bonds. The zero-order valence-electron chi connectivity index (χ0n) is 11.8. The van der Waals surface area contributed by atoms with Gasteiger partial charge < -0.3 is 10.4 Å².